The van der Waals surface area contributed by atoms with Crippen LogP contribution in [0.2, 0.25) is 0 Å². The number of anilines is 3. The van der Waals surface area contributed by atoms with Crippen molar-refractivity contribution in [1.82, 2.24) is 4.98 Å². The Labute approximate surface area is 244 Å². The third-order valence-corrected chi connectivity index (χ3v) is 7.61. The number of carbonyl (C=O) groups is 3. The molecule has 3 aliphatic heterocycles. The molecule has 7 rings (SSSR count). The normalized spacial score (nSPS) is 16.1. The van der Waals surface area contributed by atoms with Crippen molar-refractivity contribution in [2.75, 3.05) is 34.3 Å². The highest BCUT2D eigenvalue weighted by molar-refractivity contribution is 6.21. The lowest BCUT2D eigenvalue weighted by atomic mass is 9.98. The first kappa shape index (κ1) is 27.6. The number of nitrogens with zero attached hydrogens (tertiary/aromatic N) is 4. The minimum absolute atomic E-state index is 0.0584. The lowest BCUT2D eigenvalue weighted by Crippen LogP contribution is -2.11. The van der Waals surface area contributed by atoms with Crippen LogP contribution in [0, 0.1) is 0 Å². The predicted octanol–water partition coefficient (Wildman–Crippen LogP) is 6.16. The van der Waals surface area contributed by atoms with Crippen molar-refractivity contribution >= 4 is 34.8 Å². The Morgan fingerprint density at radius 3 is 1.43 bits per heavy atom. The van der Waals surface area contributed by atoms with E-state index in [4.69, 9.17) is 0 Å². The molecule has 13 heteroatoms. The smallest absolute Gasteiger partial charge is 0.301 e. The van der Waals surface area contributed by atoms with Crippen molar-refractivity contribution in [2.45, 2.75) is 12.4 Å². The molecular formula is C31H18F6N4O3. The number of benzene rings is 3. The number of aromatic nitrogens is 1. The monoisotopic (exact) mass is 608 g/mol. The number of alkyl halides is 6. The van der Waals surface area contributed by atoms with Crippen molar-refractivity contribution in [3.05, 3.63) is 84.1 Å². The van der Waals surface area contributed by atoms with E-state index in [1.54, 1.807) is 52.3 Å². The molecule has 0 unspecified atom stereocenters. The van der Waals surface area contributed by atoms with E-state index in [9.17, 15) is 40.7 Å². The maximum atomic E-state index is 13.3. The van der Waals surface area contributed by atoms with E-state index in [1.165, 1.54) is 17.2 Å². The van der Waals surface area contributed by atoms with Crippen LogP contribution in [0.4, 0.5) is 43.4 Å². The summed E-state index contributed by atoms with van der Waals surface area (Å²) in [5.41, 5.74) is 1.13. The first-order valence-corrected chi connectivity index (χ1v) is 13.2. The first-order valence-electron chi connectivity index (χ1n) is 13.2. The Kier molecular flexibility index (Phi) is 5.90. The van der Waals surface area contributed by atoms with E-state index in [0.29, 0.717) is 45.9 Å². The van der Waals surface area contributed by atoms with Crippen LogP contribution in [0.3, 0.4) is 0 Å². The molecule has 44 heavy (non-hydrogen) atoms. The Hall–Kier alpha value is -5.20. The Morgan fingerprint density at radius 1 is 0.523 bits per heavy atom. The maximum Gasteiger partial charge on any atom is 0.416 e. The lowest BCUT2D eigenvalue weighted by molar-refractivity contribution is -0.143. The summed E-state index contributed by atoms with van der Waals surface area (Å²) in [6.45, 7) is 0.659. The van der Waals surface area contributed by atoms with Crippen LogP contribution in [0.5, 0.6) is 0 Å². The maximum absolute atomic E-state index is 13.3. The number of rotatable bonds is 6. The van der Waals surface area contributed by atoms with Crippen molar-refractivity contribution in [2.24, 2.45) is 0 Å². The number of carbonyl (C=O) groups excluding carboxylic acids is 3. The summed E-state index contributed by atoms with van der Waals surface area (Å²) in [7, 11) is 0. The fourth-order valence-electron chi connectivity index (χ4n) is 5.09. The highest BCUT2D eigenvalue weighted by atomic mass is 19.4. The van der Waals surface area contributed by atoms with Gasteiger partial charge in [0.15, 0.2) is 0 Å². The van der Waals surface area contributed by atoms with E-state index in [0.717, 1.165) is 5.56 Å². The molecule has 0 saturated carbocycles. The van der Waals surface area contributed by atoms with Gasteiger partial charge >= 0.3 is 12.4 Å². The van der Waals surface area contributed by atoms with Gasteiger partial charge in [0, 0.05) is 22.9 Å². The van der Waals surface area contributed by atoms with Crippen LogP contribution in [0.25, 0.3) is 33.5 Å². The molecule has 4 heterocycles. The Bertz CT molecular complexity index is 1850. The third kappa shape index (κ3) is 5.03. The molecule has 3 fully saturated rings. The zero-order chi connectivity index (χ0) is 31.1. The largest absolute Gasteiger partial charge is 0.416 e. The summed E-state index contributed by atoms with van der Waals surface area (Å²) >= 11 is 0. The molecule has 4 aromatic rings. The van der Waals surface area contributed by atoms with E-state index in [1.807, 2.05) is 0 Å². The average molecular weight is 608 g/mol. The number of pyridine rings is 1. The van der Waals surface area contributed by atoms with Crippen LogP contribution < -0.4 is 14.7 Å². The summed E-state index contributed by atoms with van der Waals surface area (Å²) in [6.07, 6.45) is -8.58. The first-order chi connectivity index (χ1) is 20.8. The number of halogens is 6. The van der Waals surface area contributed by atoms with Gasteiger partial charge in [0.2, 0.25) is 17.7 Å². The number of hydrogen-bond acceptors (Lipinski definition) is 4. The molecule has 1 aromatic heterocycles. The van der Waals surface area contributed by atoms with Crippen LogP contribution in [-0.4, -0.2) is 42.3 Å². The molecule has 7 nitrogen and oxygen atoms in total. The molecule has 0 spiro atoms. The summed E-state index contributed by atoms with van der Waals surface area (Å²) in [5.74, 6) is -0.266. The zero-order valence-electron chi connectivity index (χ0n) is 22.3. The standard InChI is InChI=1S/C31H18F6N4O3/c32-30(33,34)20-7-19(8-21(9-20)31(35,36)37)23-6-5-18(12-38-23)16-1-3-17(4-2-16)22-10-25(40-14-28(40)43)26(41-15-29(41)44)11-24(22)39-13-27(39)42/h1-12H,13-15H2. The van der Waals surface area contributed by atoms with E-state index < -0.39 is 23.5 Å². The molecule has 3 saturated heterocycles. The van der Waals surface area contributed by atoms with Crippen molar-refractivity contribution in [3.63, 3.8) is 0 Å². The lowest BCUT2D eigenvalue weighted by Gasteiger charge is -2.17. The van der Waals surface area contributed by atoms with Gasteiger partial charge in [-0.25, -0.2) is 0 Å². The number of amides is 3. The van der Waals surface area contributed by atoms with E-state index in [2.05, 4.69) is 4.98 Å². The SMILES string of the molecule is O=C1CN1c1cc(N2CC2=O)c(N2CC2=O)cc1-c1ccc(-c2ccc(-c3cc(C(F)(F)F)cc(C(F)(F)F)c3)nc2)cc1. The zero-order valence-corrected chi connectivity index (χ0v) is 22.3. The molecule has 0 aliphatic carbocycles. The van der Waals surface area contributed by atoms with Crippen molar-refractivity contribution in [1.29, 1.82) is 0 Å². The van der Waals surface area contributed by atoms with Gasteiger partial charge in [-0.05, 0) is 47.5 Å². The molecule has 3 amide bonds. The topological polar surface area (TPSA) is 73.1 Å². The van der Waals surface area contributed by atoms with Crippen molar-refractivity contribution in [3.8, 4) is 33.5 Å². The summed E-state index contributed by atoms with van der Waals surface area (Å²) in [4.78, 5) is 44.8. The summed E-state index contributed by atoms with van der Waals surface area (Å²) in [6, 6.07) is 14.8. The second kappa shape index (κ2) is 9.40. The van der Waals surface area contributed by atoms with Crippen molar-refractivity contribution < 1.29 is 40.7 Å². The van der Waals surface area contributed by atoms with Crippen LogP contribution in [-0.2, 0) is 26.7 Å². The minimum Gasteiger partial charge on any atom is -0.301 e. The highest BCUT2D eigenvalue weighted by Crippen LogP contribution is 2.47. The van der Waals surface area contributed by atoms with Gasteiger partial charge in [-0.3, -0.25) is 29.2 Å². The highest BCUT2D eigenvalue weighted by Gasteiger charge is 2.43. The van der Waals surface area contributed by atoms with Gasteiger partial charge in [-0.2, -0.15) is 26.3 Å². The molecule has 3 aromatic carbocycles. The van der Waals surface area contributed by atoms with Crippen LogP contribution in [0.1, 0.15) is 11.1 Å². The van der Waals surface area contributed by atoms with Gasteiger partial charge in [0.05, 0.1) is 33.9 Å². The fourth-order valence-corrected chi connectivity index (χ4v) is 5.09. The van der Waals surface area contributed by atoms with Gasteiger partial charge in [-0.1, -0.05) is 30.3 Å². The van der Waals surface area contributed by atoms with Gasteiger partial charge < -0.3 is 4.90 Å². The average Bonchev–Trinajstić information content (AvgIpc) is 3.93. The van der Waals surface area contributed by atoms with Gasteiger partial charge in [0.1, 0.15) is 19.6 Å². The quantitative estimate of drug-likeness (QED) is 0.194. The Morgan fingerprint density at radius 2 is 0.977 bits per heavy atom. The molecule has 0 N–H and O–H groups in total. The second-order valence-corrected chi connectivity index (χ2v) is 10.6. The Balaban J connectivity index is 1.21. The van der Waals surface area contributed by atoms with E-state index in [-0.39, 0.29) is 54.7 Å². The van der Waals surface area contributed by atoms with Gasteiger partial charge in [0.25, 0.3) is 0 Å². The van der Waals surface area contributed by atoms with Crippen LogP contribution >= 0.6 is 0 Å². The van der Waals surface area contributed by atoms with Crippen LogP contribution in [0.15, 0.2) is 72.9 Å². The number of hydrogen-bond donors (Lipinski definition) is 0. The predicted molar refractivity (Wildman–Crippen MR) is 148 cm³/mol. The summed E-state index contributed by atoms with van der Waals surface area (Å²) in [5, 5.41) is 0. The molecule has 222 valence electrons. The fraction of sp³-hybridized carbons (Fsp3) is 0.161. The second-order valence-electron chi connectivity index (χ2n) is 10.6. The minimum atomic E-state index is -4.97. The molecule has 0 atom stereocenters. The molecule has 3 aliphatic rings. The van der Waals surface area contributed by atoms with Gasteiger partial charge in [-0.15, -0.1) is 0 Å². The molecular weight excluding hydrogens is 590 g/mol. The molecule has 0 bridgehead atoms. The summed E-state index contributed by atoms with van der Waals surface area (Å²) < 4.78 is 79.8. The third-order valence-electron chi connectivity index (χ3n) is 7.61. The van der Waals surface area contributed by atoms with E-state index >= 15 is 0 Å². The molecule has 0 radical (unpaired) electrons.